The molecule has 2 saturated heterocycles. The molecule has 0 radical (unpaired) electrons. The number of thiazole rings is 6. The standard InChI is InChI=1S/C62H60N14O11S6/c1-30-46(79)23-76-51(30)61-73-44(29-92-61)59-69-40(25-90-59)50-35(12-13-37(66-50)58-70-41(26-91-58)53(64)82)56-71-42(27-88-56)54(83)67-38(22-47(63)80)60-74-49(31(2)93-60)45(78)21-36(52(33-6-4-3-5-7-33)87-24-48(81)65-14-15-75-16-18-86-19-17-75)57-72-43(28-89-57)55(84)68-39(62(76)85)20-32-8-10-34(77)11-9-32/h3-13,25-30,36,38-39,46,51-52,77,79H,14-24H2,1-2H3,(H2,63,80)(H2,64,82)(H,65,81)(H,67,83)(H,68,84)/t30-,36-,38-,39-,46-,51-,52+/m0/s1. The number of hydrogen-bond acceptors (Lipinski definition) is 25. The lowest BCUT2D eigenvalue weighted by molar-refractivity contribution is -0.134. The van der Waals surface area contributed by atoms with Crippen molar-refractivity contribution in [2.75, 3.05) is 52.5 Å². The van der Waals surface area contributed by atoms with Crippen LogP contribution in [0.25, 0.3) is 43.4 Å². The first-order valence-corrected chi connectivity index (χ1v) is 34.6. The number of ether oxygens (including phenoxy) is 2. The number of Topliss-reactive ketones (excluding diaryl/α,β-unsaturated/α-hetero) is 1. The zero-order chi connectivity index (χ0) is 65.0. The molecular formula is C62H60N14O11S6. The highest BCUT2D eigenvalue weighted by Gasteiger charge is 2.46. The third kappa shape index (κ3) is 14.7. The number of nitrogens with one attached hydrogen (secondary N) is 3. The third-order valence-electron chi connectivity index (χ3n) is 16.0. The second-order valence-corrected chi connectivity index (χ2v) is 27.9. The Morgan fingerprint density at radius 1 is 0.731 bits per heavy atom. The molecule has 7 aromatic heterocycles. The molecule has 10 bridgehead atoms. The fourth-order valence-electron chi connectivity index (χ4n) is 11.2. The predicted molar refractivity (Wildman–Crippen MR) is 350 cm³/mol. The summed E-state index contributed by atoms with van der Waals surface area (Å²) in [7, 11) is 0. The van der Waals surface area contributed by atoms with Crippen LogP contribution in [0.5, 0.6) is 5.75 Å². The molecule has 3 aliphatic heterocycles. The van der Waals surface area contributed by atoms with Crippen molar-refractivity contribution in [2.24, 2.45) is 17.4 Å². The number of phenols is 1. The quantitative estimate of drug-likeness (QED) is 0.0592. The van der Waals surface area contributed by atoms with Gasteiger partial charge in [0.2, 0.25) is 17.7 Å². The van der Waals surface area contributed by atoms with Gasteiger partial charge in [-0.2, -0.15) is 0 Å². The molecule has 2 fully saturated rings. The van der Waals surface area contributed by atoms with Crippen molar-refractivity contribution in [3.05, 3.63) is 147 Å². The summed E-state index contributed by atoms with van der Waals surface area (Å²) >= 11 is 7.03. The van der Waals surface area contributed by atoms with E-state index in [1.165, 1.54) is 61.8 Å². The number of aliphatic hydroxyl groups is 1. The number of carbonyl (C=O) groups excluding carboxylic acids is 7. The van der Waals surface area contributed by atoms with E-state index in [4.69, 9.17) is 50.8 Å². The van der Waals surface area contributed by atoms with Gasteiger partial charge in [0.05, 0.1) is 54.6 Å². The van der Waals surface area contributed by atoms with Crippen LogP contribution in [-0.4, -0.2) is 161 Å². The van der Waals surface area contributed by atoms with Crippen LogP contribution in [0.4, 0.5) is 0 Å². The molecular weight excluding hydrogens is 1310 g/mol. The molecule has 6 amide bonds. The zero-order valence-corrected chi connectivity index (χ0v) is 54.7. The Hall–Kier alpha value is -8.50. The van der Waals surface area contributed by atoms with Crippen molar-refractivity contribution in [3.8, 4) is 49.1 Å². The lowest BCUT2D eigenvalue weighted by atomic mass is 9.90. The fraction of sp³-hybridized carbons (Fsp3) is 0.323. The Labute approximate surface area is 555 Å². The number of carbonyl (C=O) groups is 7. The van der Waals surface area contributed by atoms with Crippen LogP contribution in [-0.2, 0) is 30.3 Å². The van der Waals surface area contributed by atoms with Gasteiger partial charge in [-0.15, -0.1) is 68.0 Å². The van der Waals surface area contributed by atoms with Crippen molar-refractivity contribution in [1.29, 1.82) is 0 Å². The monoisotopic (exact) mass is 1370 g/mol. The summed E-state index contributed by atoms with van der Waals surface area (Å²) in [6.45, 7) is 6.59. The number of ketones is 1. The highest BCUT2D eigenvalue weighted by atomic mass is 32.1. The number of aromatic hydroxyl groups is 1. The molecule has 0 spiro atoms. The van der Waals surface area contributed by atoms with Crippen molar-refractivity contribution < 1.29 is 53.2 Å². The second kappa shape index (κ2) is 28.4. The van der Waals surface area contributed by atoms with Gasteiger partial charge in [0, 0.05) is 94.7 Å². The number of aryl methyl sites for hydroxylation is 1. The van der Waals surface area contributed by atoms with Gasteiger partial charge in [0.15, 0.2) is 5.78 Å². The van der Waals surface area contributed by atoms with E-state index < -0.39 is 96.4 Å². The number of aromatic nitrogens is 7. The van der Waals surface area contributed by atoms with Gasteiger partial charge in [-0.25, -0.2) is 34.9 Å². The first kappa shape index (κ1) is 64.6. The maximum Gasteiger partial charge on any atom is 0.271 e. The summed E-state index contributed by atoms with van der Waals surface area (Å²) in [5.74, 6) is -5.82. The normalized spacial score (nSPS) is 20.1. The molecule has 10 heterocycles. The number of fused-ring (bicyclic) bond motifs is 16. The molecule has 3 aliphatic rings. The first-order chi connectivity index (χ1) is 44.9. The third-order valence-corrected chi connectivity index (χ3v) is 21.6. The number of nitrogens with zero attached hydrogens (tertiary/aromatic N) is 9. The summed E-state index contributed by atoms with van der Waals surface area (Å²) in [5, 5.41) is 41.0. The minimum atomic E-state index is -1.26. The Morgan fingerprint density at radius 3 is 2.15 bits per heavy atom. The number of rotatable bonds is 14. The molecule has 2 aromatic carbocycles. The van der Waals surface area contributed by atoms with Crippen LogP contribution in [0.2, 0.25) is 0 Å². The van der Waals surface area contributed by atoms with Gasteiger partial charge in [0.25, 0.3) is 17.7 Å². The van der Waals surface area contributed by atoms with Crippen LogP contribution >= 0.6 is 68.0 Å². The van der Waals surface area contributed by atoms with Crippen LogP contribution in [0.3, 0.4) is 0 Å². The summed E-state index contributed by atoms with van der Waals surface area (Å²) < 4.78 is 12.0. The number of phenolic OH excluding ortho intramolecular Hbond substituents is 1. The Balaban J connectivity index is 0.944. The van der Waals surface area contributed by atoms with E-state index >= 15 is 9.59 Å². The number of nitrogens with two attached hydrogens (primary N) is 2. The fourth-order valence-corrected chi connectivity index (χ4v) is 16.5. The van der Waals surface area contributed by atoms with Gasteiger partial charge >= 0.3 is 0 Å². The largest absolute Gasteiger partial charge is 0.508 e. The molecule has 9 aromatic rings. The van der Waals surface area contributed by atoms with Gasteiger partial charge in [-0.1, -0.05) is 49.4 Å². The van der Waals surface area contributed by atoms with Gasteiger partial charge < -0.3 is 52.0 Å². The summed E-state index contributed by atoms with van der Waals surface area (Å²) in [6.07, 6.45) is -2.78. The van der Waals surface area contributed by atoms with E-state index in [1.807, 2.05) is 13.0 Å². The number of amides is 6. The highest BCUT2D eigenvalue weighted by Crippen LogP contribution is 2.44. The van der Waals surface area contributed by atoms with Gasteiger partial charge in [-0.05, 0) is 42.3 Å². The highest BCUT2D eigenvalue weighted by molar-refractivity contribution is 7.15. The first-order valence-electron chi connectivity index (χ1n) is 29.4. The minimum Gasteiger partial charge on any atom is -0.508 e. The summed E-state index contributed by atoms with van der Waals surface area (Å²) in [5.41, 5.74) is 14.6. The maximum atomic E-state index is 15.4. The Kier molecular flexibility index (Phi) is 19.7. The van der Waals surface area contributed by atoms with E-state index in [0.29, 0.717) is 90.7 Å². The number of pyridine rings is 1. The summed E-state index contributed by atoms with van der Waals surface area (Å²) in [4.78, 5) is 136. The second-order valence-electron chi connectivity index (χ2n) is 22.3. The summed E-state index contributed by atoms with van der Waals surface area (Å²) in [6, 6.07) is 15.5. The SMILES string of the molecule is Cc1sc2nc1C(=O)C[C@@H]([C@H](OCC(=O)NCCN1CCOCC1)c1ccccc1)c1nc(cs1)C(=O)N[C@@H](Cc1ccc(O)cc1)C(=O)N1C[C@H](O)[C@H](C)[C@H]1c1nc(cs1)-c1nc(cs1)-c1nc(-c3nc(C(N)=O)cs3)ccc1-c1nc(cs1)C(=O)N[C@H]2CC(N)=O. The molecule has 7 atom stereocenters. The van der Waals surface area contributed by atoms with E-state index in [1.54, 1.807) is 71.6 Å². The lowest BCUT2D eigenvalue weighted by Crippen LogP contribution is -2.50. The zero-order valence-electron chi connectivity index (χ0n) is 49.8. The number of hydrogen-bond donors (Lipinski definition) is 7. The van der Waals surface area contributed by atoms with Crippen molar-refractivity contribution in [1.82, 2.24) is 60.6 Å². The van der Waals surface area contributed by atoms with Crippen LogP contribution in [0, 0.1) is 12.8 Å². The molecule has 0 saturated carbocycles. The van der Waals surface area contributed by atoms with Crippen LogP contribution in [0.1, 0.15) is 117 Å². The molecule has 0 unspecified atom stereocenters. The van der Waals surface area contributed by atoms with Gasteiger partial charge in [-0.3, -0.25) is 38.5 Å². The Bertz CT molecular complexity index is 4260. The van der Waals surface area contributed by atoms with Crippen LogP contribution in [0.15, 0.2) is 93.6 Å². The van der Waals surface area contributed by atoms with Crippen molar-refractivity contribution >= 4 is 109 Å². The van der Waals surface area contributed by atoms with Crippen LogP contribution < -0.4 is 27.4 Å². The maximum absolute atomic E-state index is 15.4. The van der Waals surface area contributed by atoms with Crippen molar-refractivity contribution in [3.63, 3.8) is 0 Å². The topological polar surface area (TPSA) is 363 Å². The van der Waals surface area contributed by atoms with E-state index in [2.05, 4.69) is 25.8 Å². The molecule has 93 heavy (non-hydrogen) atoms. The molecule has 12 rings (SSSR count). The number of morpholine rings is 1. The van der Waals surface area contributed by atoms with Gasteiger partial charge in [0.1, 0.15) is 83.3 Å². The molecule has 0 aliphatic carbocycles. The minimum absolute atomic E-state index is 0.00526. The van der Waals surface area contributed by atoms with E-state index in [9.17, 15) is 34.2 Å². The number of benzene rings is 2. The average molecular weight is 1370 g/mol. The Morgan fingerprint density at radius 2 is 1.40 bits per heavy atom. The van der Waals surface area contributed by atoms with E-state index in [0.717, 1.165) is 47.1 Å². The number of primary amides is 2. The lowest BCUT2D eigenvalue weighted by Gasteiger charge is -2.29. The molecule has 9 N–H and O–H groups in total. The van der Waals surface area contributed by atoms with E-state index in [-0.39, 0.29) is 57.9 Å². The predicted octanol–water partition coefficient (Wildman–Crippen LogP) is 6.75. The molecule has 31 heteroatoms. The molecule has 480 valence electrons. The number of aliphatic hydroxyl groups excluding tert-OH is 1. The smallest absolute Gasteiger partial charge is 0.271 e. The molecule has 25 nitrogen and oxygen atoms in total. The average Bonchev–Trinajstić information content (AvgIpc) is 2.03. The van der Waals surface area contributed by atoms with Crippen molar-refractivity contribution in [2.45, 2.75) is 69.4 Å².